The van der Waals surface area contributed by atoms with E-state index in [4.69, 9.17) is 5.73 Å². The number of nitrogens with one attached hydrogen (secondary N) is 3. The summed E-state index contributed by atoms with van der Waals surface area (Å²) in [5, 5.41) is 16.9. The lowest BCUT2D eigenvalue weighted by atomic mass is 10.0. The van der Waals surface area contributed by atoms with Crippen LogP contribution in [0.25, 0.3) is 0 Å². The molecule has 0 rings (SSSR count). The molecule has 0 spiro atoms. The second-order valence-corrected chi connectivity index (χ2v) is 8.86. The molecule has 0 aliphatic rings. The lowest BCUT2D eigenvalue weighted by molar-refractivity contribution is -0.142. The fourth-order valence-corrected chi connectivity index (χ4v) is 3.02. The first-order valence-corrected chi connectivity index (χ1v) is 11.2. The molecule has 0 radical (unpaired) electrons. The zero-order valence-corrected chi connectivity index (χ0v) is 19.0. The molecule has 6 N–H and O–H groups in total. The van der Waals surface area contributed by atoms with Crippen LogP contribution in [0.4, 0.5) is 0 Å². The first-order chi connectivity index (χ1) is 13.4. The van der Waals surface area contributed by atoms with E-state index in [1.165, 1.54) is 6.92 Å². The minimum absolute atomic E-state index is 0.0807. The molecule has 0 fully saturated rings. The molecule has 0 aliphatic carbocycles. The van der Waals surface area contributed by atoms with Crippen LogP contribution in [-0.2, 0) is 19.2 Å². The van der Waals surface area contributed by atoms with Gasteiger partial charge < -0.3 is 26.8 Å². The zero-order valence-electron chi connectivity index (χ0n) is 18.2. The van der Waals surface area contributed by atoms with Crippen LogP contribution in [-0.4, -0.2) is 65.0 Å². The van der Waals surface area contributed by atoms with Crippen molar-refractivity contribution in [1.29, 1.82) is 0 Å². The Balaban J connectivity index is 4.93. The summed E-state index contributed by atoms with van der Waals surface area (Å²) in [5.41, 5.74) is 5.85. The van der Waals surface area contributed by atoms with E-state index in [2.05, 4.69) is 16.0 Å². The van der Waals surface area contributed by atoms with Crippen LogP contribution >= 0.6 is 11.8 Å². The average Bonchev–Trinajstić information content (AvgIpc) is 2.62. The smallest absolute Gasteiger partial charge is 0.326 e. The highest BCUT2D eigenvalue weighted by Gasteiger charge is 2.30. The third kappa shape index (κ3) is 10.5. The molecule has 168 valence electrons. The summed E-state index contributed by atoms with van der Waals surface area (Å²) in [6.07, 6.45) is 2.68. The van der Waals surface area contributed by atoms with Gasteiger partial charge in [-0.2, -0.15) is 11.8 Å². The lowest BCUT2D eigenvalue weighted by Gasteiger charge is -2.25. The van der Waals surface area contributed by atoms with Gasteiger partial charge in [-0.1, -0.05) is 27.7 Å². The number of hydrogen-bond acceptors (Lipinski definition) is 6. The van der Waals surface area contributed by atoms with Crippen molar-refractivity contribution in [3.63, 3.8) is 0 Å². The highest BCUT2D eigenvalue weighted by atomic mass is 32.2. The summed E-state index contributed by atoms with van der Waals surface area (Å²) < 4.78 is 0. The molecule has 0 aromatic rings. The maximum absolute atomic E-state index is 12.6. The van der Waals surface area contributed by atoms with Crippen molar-refractivity contribution in [1.82, 2.24) is 16.0 Å². The van der Waals surface area contributed by atoms with Crippen LogP contribution in [0.1, 0.15) is 47.5 Å². The Kier molecular flexibility index (Phi) is 12.6. The van der Waals surface area contributed by atoms with Gasteiger partial charge >= 0.3 is 5.97 Å². The second-order valence-electron chi connectivity index (χ2n) is 7.88. The number of carbonyl (C=O) groups excluding carboxylic acids is 3. The highest BCUT2D eigenvalue weighted by molar-refractivity contribution is 7.98. The molecular weight excluding hydrogens is 396 g/mol. The van der Waals surface area contributed by atoms with Crippen LogP contribution in [0.5, 0.6) is 0 Å². The van der Waals surface area contributed by atoms with E-state index in [9.17, 15) is 24.3 Å². The van der Waals surface area contributed by atoms with E-state index in [0.717, 1.165) is 5.75 Å². The standard InChI is InChI=1S/C19H36N4O5S/c1-10(2)9-14(19(27)28)22-16(24)12(5)21-18(26)15(11(3)4)23-17(25)13(20)7-8-29-6/h10-15H,7-9,20H2,1-6H3,(H,21,26)(H,22,24)(H,23,25)(H,27,28). The van der Waals surface area contributed by atoms with Crippen LogP contribution in [0.15, 0.2) is 0 Å². The largest absolute Gasteiger partial charge is 0.480 e. The van der Waals surface area contributed by atoms with Crippen molar-refractivity contribution in [3.8, 4) is 0 Å². The maximum atomic E-state index is 12.6. The van der Waals surface area contributed by atoms with Gasteiger partial charge in [-0.05, 0) is 43.6 Å². The third-order valence-corrected chi connectivity index (χ3v) is 4.93. The Bertz CT molecular complexity index is 571. The minimum atomic E-state index is -1.13. The van der Waals surface area contributed by atoms with Gasteiger partial charge in [0.1, 0.15) is 18.1 Å². The molecule has 9 nitrogen and oxygen atoms in total. The van der Waals surface area contributed by atoms with Gasteiger partial charge in [-0.25, -0.2) is 4.79 Å². The first kappa shape index (κ1) is 27.2. The number of carboxylic acids is 1. The summed E-state index contributed by atoms with van der Waals surface area (Å²) >= 11 is 1.58. The van der Waals surface area contributed by atoms with Crippen molar-refractivity contribution in [3.05, 3.63) is 0 Å². The maximum Gasteiger partial charge on any atom is 0.326 e. The Hall–Kier alpha value is -1.81. The predicted molar refractivity (Wildman–Crippen MR) is 114 cm³/mol. The fourth-order valence-electron chi connectivity index (χ4n) is 2.53. The van der Waals surface area contributed by atoms with Crippen LogP contribution in [0.2, 0.25) is 0 Å². The van der Waals surface area contributed by atoms with Crippen molar-refractivity contribution in [2.24, 2.45) is 17.6 Å². The molecule has 3 amide bonds. The molecule has 4 atom stereocenters. The molecule has 0 bridgehead atoms. The summed E-state index contributed by atoms with van der Waals surface area (Å²) in [5.74, 6) is -2.09. The van der Waals surface area contributed by atoms with Gasteiger partial charge in [0.2, 0.25) is 17.7 Å². The van der Waals surface area contributed by atoms with Crippen LogP contribution in [0, 0.1) is 11.8 Å². The van der Waals surface area contributed by atoms with Crippen LogP contribution in [0.3, 0.4) is 0 Å². The molecule has 0 aromatic carbocycles. The molecule has 0 aliphatic heterocycles. The Labute approximate surface area is 177 Å². The normalized spacial score (nSPS) is 15.3. The summed E-state index contributed by atoms with van der Waals surface area (Å²) in [6, 6.07) is -3.56. The third-order valence-electron chi connectivity index (χ3n) is 4.29. The Morgan fingerprint density at radius 3 is 1.97 bits per heavy atom. The van der Waals surface area contributed by atoms with Crippen molar-refractivity contribution < 1.29 is 24.3 Å². The molecular formula is C19H36N4O5S. The number of aliphatic carboxylic acids is 1. The quantitative estimate of drug-likeness (QED) is 0.281. The Morgan fingerprint density at radius 1 is 0.931 bits per heavy atom. The summed E-state index contributed by atoms with van der Waals surface area (Å²) in [7, 11) is 0. The average molecular weight is 433 g/mol. The number of amides is 3. The van der Waals surface area contributed by atoms with Gasteiger partial charge in [0, 0.05) is 0 Å². The number of carbonyl (C=O) groups is 4. The Morgan fingerprint density at radius 2 is 1.52 bits per heavy atom. The molecule has 0 saturated heterocycles. The van der Waals surface area contributed by atoms with E-state index in [1.807, 2.05) is 20.1 Å². The molecule has 29 heavy (non-hydrogen) atoms. The van der Waals surface area contributed by atoms with Gasteiger partial charge in [-0.3, -0.25) is 14.4 Å². The van der Waals surface area contributed by atoms with E-state index < -0.39 is 47.9 Å². The second kappa shape index (κ2) is 13.4. The predicted octanol–water partition coefficient (Wildman–Crippen LogP) is 0.328. The number of hydrogen-bond donors (Lipinski definition) is 5. The van der Waals surface area contributed by atoms with Crippen molar-refractivity contribution >= 4 is 35.5 Å². The molecule has 4 unspecified atom stereocenters. The van der Waals surface area contributed by atoms with Gasteiger partial charge in [0.25, 0.3) is 0 Å². The monoisotopic (exact) mass is 432 g/mol. The lowest BCUT2D eigenvalue weighted by Crippen LogP contribution is -2.57. The number of rotatable bonds is 13. The molecule has 0 heterocycles. The van der Waals surface area contributed by atoms with E-state index in [1.54, 1.807) is 25.6 Å². The number of thioether (sulfide) groups is 1. The van der Waals surface area contributed by atoms with Crippen molar-refractivity contribution in [2.75, 3.05) is 12.0 Å². The molecule has 0 aromatic heterocycles. The van der Waals surface area contributed by atoms with Gasteiger partial charge in [0.15, 0.2) is 0 Å². The van der Waals surface area contributed by atoms with E-state index >= 15 is 0 Å². The zero-order chi connectivity index (χ0) is 22.7. The van der Waals surface area contributed by atoms with Gasteiger partial charge in [-0.15, -0.1) is 0 Å². The van der Waals surface area contributed by atoms with E-state index in [0.29, 0.717) is 6.42 Å². The first-order valence-electron chi connectivity index (χ1n) is 9.79. The summed E-state index contributed by atoms with van der Waals surface area (Å²) in [6.45, 7) is 8.71. The molecule has 0 saturated carbocycles. The van der Waals surface area contributed by atoms with E-state index in [-0.39, 0.29) is 18.3 Å². The van der Waals surface area contributed by atoms with Gasteiger partial charge in [0.05, 0.1) is 6.04 Å². The fraction of sp³-hybridized carbons (Fsp3) is 0.789. The SMILES string of the molecule is CSCCC(N)C(=O)NC(C(=O)NC(C)C(=O)NC(CC(C)C)C(=O)O)C(C)C. The number of nitrogens with two attached hydrogens (primary N) is 1. The summed E-state index contributed by atoms with van der Waals surface area (Å²) in [4.78, 5) is 48.5. The number of carboxylic acid groups (broad SMARTS) is 1. The van der Waals surface area contributed by atoms with Crippen LogP contribution < -0.4 is 21.7 Å². The minimum Gasteiger partial charge on any atom is -0.480 e. The topological polar surface area (TPSA) is 151 Å². The highest BCUT2D eigenvalue weighted by Crippen LogP contribution is 2.07. The molecule has 10 heteroatoms. The van der Waals surface area contributed by atoms with Crippen molar-refractivity contribution in [2.45, 2.75) is 71.6 Å².